The molecule has 2 aromatic rings. The SMILES string of the molecule is CN=Cc1ccc(Nc2nn(C)c3c2CN(C(C)=O)CC3)cc1N. The first-order valence-electron chi connectivity index (χ1n) is 7.88. The topological polar surface area (TPSA) is 88.5 Å². The zero-order valence-corrected chi connectivity index (χ0v) is 14.2. The lowest BCUT2D eigenvalue weighted by Gasteiger charge is -2.26. The first kappa shape index (κ1) is 16.0. The van der Waals surface area contributed by atoms with Gasteiger partial charge in [0.2, 0.25) is 5.91 Å². The summed E-state index contributed by atoms with van der Waals surface area (Å²) in [4.78, 5) is 17.5. The Labute approximate surface area is 141 Å². The Kier molecular flexibility index (Phi) is 4.24. The summed E-state index contributed by atoms with van der Waals surface area (Å²) in [6, 6.07) is 5.73. The Bertz CT molecular complexity index is 808. The molecule has 0 atom stereocenters. The Hall–Kier alpha value is -2.83. The van der Waals surface area contributed by atoms with E-state index in [0.29, 0.717) is 12.2 Å². The van der Waals surface area contributed by atoms with Gasteiger partial charge in [-0.05, 0) is 18.2 Å². The summed E-state index contributed by atoms with van der Waals surface area (Å²) in [5.74, 6) is 0.859. The lowest BCUT2D eigenvalue weighted by Crippen LogP contribution is -2.34. The number of hydrogen-bond donors (Lipinski definition) is 2. The lowest BCUT2D eigenvalue weighted by molar-refractivity contribution is -0.129. The summed E-state index contributed by atoms with van der Waals surface area (Å²) < 4.78 is 1.89. The van der Waals surface area contributed by atoms with Crippen LogP contribution in [-0.4, -0.2) is 40.4 Å². The molecule has 126 valence electrons. The van der Waals surface area contributed by atoms with Gasteiger partial charge in [0.05, 0.1) is 6.54 Å². The summed E-state index contributed by atoms with van der Waals surface area (Å²) >= 11 is 0. The second-order valence-corrected chi connectivity index (χ2v) is 5.94. The quantitative estimate of drug-likeness (QED) is 0.664. The molecule has 0 fully saturated rings. The van der Waals surface area contributed by atoms with Gasteiger partial charge in [0.1, 0.15) is 0 Å². The zero-order valence-electron chi connectivity index (χ0n) is 14.2. The predicted molar refractivity (Wildman–Crippen MR) is 95.7 cm³/mol. The highest BCUT2D eigenvalue weighted by Gasteiger charge is 2.25. The number of fused-ring (bicyclic) bond motifs is 1. The maximum Gasteiger partial charge on any atom is 0.219 e. The molecule has 0 radical (unpaired) electrons. The lowest BCUT2D eigenvalue weighted by atomic mass is 10.1. The van der Waals surface area contributed by atoms with E-state index < -0.39 is 0 Å². The normalized spacial score (nSPS) is 14.0. The van der Waals surface area contributed by atoms with Gasteiger partial charge in [-0.3, -0.25) is 14.5 Å². The number of aliphatic imine (C=N–C) groups is 1. The average Bonchev–Trinajstić information content (AvgIpc) is 2.86. The largest absolute Gasteiger partial charge is 0.398 e. The number of rotatable bonds is 3. The van der Waals surface area contributed by atoms with E-state index >= 15 is 0 Å². The van der Waals surface area contributed by atoms with Gasteiger partial charge in [0.15, 0.2) is 5.82 Å². The highest BCUT2D eigenvalue weighted by atomic mass is 16.2. The molecule has 1 amide bonds. The molecule has 2 heterocycles. The molecule has 3 N–H and O–H groups in total. The Morgan fingerprint density at radius 1 is 1.46 bits per heavy atom. The number of nitrogens with zero attached hydrogens (tertiary/aromatic N) is 4. The van der Waals surface area contributed by atoms with Crippen molar-refractivity contribution in [1.29, 1.82) is 0 Å². The van der Waals surface area contributed by atoms with Crippen molar-refractivity contribution in [3.63, 3.8) is 0 Å². The van der Waals surface area contributed by atoms with Crippen LogP contribution >= 0.6 is 0 Å². The Balaban J connectivity index is 1.89. The van der Waals surface area contributed by atoms with Gasteiger partial charge in [-0.2, -0.15) is 5.10 Å². The third kappa shape index (κ3) is 2.97. The molecule has 0 saturated heterocycles. The zero-order chi connectivity index (χ0) is 17.3. The van der Waals surface area contributed by atoms with Crippen molar-refractivity contribution < 1.29 is 4.79 Å². The minimum Gasteiger partial charge on any atom is -0.398 e. The number of aryl methyl sites for hydroxylation is 1. The number of benzene rings is 1. The van der Waals surface area contributed by atoms with Crippen LogP contribution in [0.3, 0.4) is 0 Å². The molecule has 0 aliphatic carbocycles. The van der Waals surface area contributed by atoms with E-state index in [0.717, 1.165) is 41.3 Å². The monoisotopic (exact) mass is 326 g/mol. The number of carbonyl (C=O) groups excluding carboxylic acids is 1. The molecular formula is C17H22N6O. The molecular weight excluding hydrogens is 304 g/mol. The first-order chi connectivity index (χ1) is 11.5. The molecule has 1 aromatic heterocycles. The highest BCUT2D eigenvalue weighted by molar-refractivity contribution is 5.88. The molecule has 1 aliphatic rings. The van der Waals surface area contributed by atoms with Crippen LogP contribution in [-0.2, 0) is 24.8 Å². The minimum absolute atomic E-state index is 0.0860. The minimum atomic E-state index is 0.0860. The van der Waals surface area contributed by atoms with Gasteiger partial charge in [0, 0.05) is 68.4 Å². The number of amides is 1. The van der Waals surface area contributed by atoms with Crippen LogP contribution in [0.5, 0.6) is 0 Å². The van der Waals surface area contributed by atoms with Gasteiger partial charge < -0.3 is 16.0 Å². The van der Waals surface area contributed by atoms with Gasteiger partial charge in [-0.1, -0.05) is 0 Å². The van der Waals surface area contributed by atoms with Crippen LogP contribution in [0.1, 0.15) is 23.7 Å². The van der Waals surface area contributed by atoms with Gasteiger partial charge >= 0.3 is 0 Å². The maximum absolute atomic E-state index is 11.7. The van der Waals surface area contributed by atoms with Crippen LogP contribution in [0, 0.1) is 0 Å². The predicted octanol–water partition coefficient (Wildman–Crippen LogP) is 1.70. The standard InChI is InChI=1S/C17H22N6O/c1-11(24)23-7-6-16-14(10-23)17(21-22(16)3)20-13-5-4-12(9-19-2)15(18)8-13/h4-5,8-9H,6-7,10,18H2,1-3H3,(H,20,21). The molecule has 0 unspecified atom stereocenters. The summed E-state index contributed by atoms with van der Waals surface area (Å²) in [6.45, 7) is 2.92. The van der Waals surface area contributed by atoms with Gasteiger partial charge in [-0.25, -0.2) is 0 Å². The van der Waals surface area contributed by atoms with Crippen LogP contribution in [0.15, 0.2) is 23.2 Å². The van der Waals surface area contributed by atoms with Crippen LogP contribution < -0.4 is 11.1 Å². The number of aromatic nitrogens is 2. The molecule has 0 bridgehead atoms. The number of nitrogens with one attached hydrogen (secondary N) is 1. The second-order valence-electron chi connectivity index (χ2n) is 5.94. The van der Waals surface area contributed by atoms with Gasteiger partial charge in [0.25, 0.3) is 0 Å². The van der Waals surface area contributed by atoms with Crippen molar-refractivity contribution in [2.24, 2.45) is 12.0 Å². The van der Waals surface area contributed by atoms with E-state index in [1.165, 1.54) is 0 Å². The highest BCUT2D eigenvalue weighted by Crippen LogP contribution is 2.29. The smallest absolute Gasteiger partial charge is 0.219 e. The van der Waals surface area contributed by atoms with E-state index in [1.807, 2.05) is 34.8 Å². The third-order valence-corrected chi connectivity index (χ3v) is 4.31. The summed E-state index contributed by atoms with van der Waals surface area (Å²) in [5.41, 5.74) is 10.7. The molecule has 3 rings (SSSR count). The Morgan fingerprint density at radius 3 is 2.92 bits per heavy atom. The van der Waals surface area contributed by atoms with Crippen molar-refractivity contribution in [2.45, 2.75) is 19.9 Å². The number of nitrogen functional groups attached to an aromatic ring is 1. The van der Waals surface area contributed by atoms with Crippen molar-refractivity contribution >= 4 is 29.3 Å². The second kappa shape index (κ2) is 6.35. The number of nitrogens with two attached hydrogens (primary N) is 1. The van der Waals surface area contributed by atoms with E-state index in [9.17, 15) is 4.79 Å². The molecule has 1 aromatic carbocycles. The molecule has 0 spiro atoms. The fraction of sp³-hybridized carbons (Fsp3) is 0.353. The van der Waals surface area contributed by atoms with Crippen molar-refractivity contribution in [2.75, 3.05) is 24.6 Å². The van der Waals surface area contributed by atoms with Crippen molar-refractivity contribution in [3.05, 3.63) is 35.0 Å². The Morgan fingerprint density at radius 2 is 2.25 bits per heavy atom. The molecule has 7 nitrogen and oxygen atoms in total. The number of hydrogen-bond acceptors (Lipinski definition) is 5. The van der Waals surface area contributed by atoms with Crippen LogP contribution in [0.2, 0.25) is 0 Å². The maximum atomic E-state index is 11.7. The van der Waals surface area contributed by atoms with E-state index in [1.54, 1.807) is 20.2 Å². The molecule has 1 aliphatic heterocycles. The van der Waals surface area contributed by atoms with Gasteiger partial charge in [-0.15, -0.1) is 0 Å². The van der Waals surface area contributed by atoms with E-state index in [4.69, 9.17) is 5.73 Å². The van der Waals surface area contributed by atoms with E-state index in [2.05, 4.69) is 15.4 Å². The fourth-order valence-electron chi connectivity index (χ4n) is 3.01. The number of anilines is 3. The van der Waals surface area contributed by atoms with Crippen LogP contribution in [0.4, 0.5) is 17.2 Å². The summed E-state index contributed by atoms with van der Waals surface area (Å²) in [7, 11) is 3.65. The van der Waals surface area contributed by atoms with Crippen molar-refractivity contribution in [1.82, 2.24) is 14.7 Å². The molecule has 24 heavy (non-hydrogen) atoms. The van der Waals surface area contributed by atoms with E-state index in [-0.39, 0.29) is 5.91 Å². The molecule has 0 saturated carbocycles. The van der Waals surface area contributed by atoms with Crippen LogP contribution in [0.25, 0.3) is 0 Å². The summed E-state index contributed by atoms with van der Waals surface area (Å²) in [6.07, 6.45) is 2.54. The molecule has 7 heteroatoms. The fourth-order valence-corrected chi connectivity index (χ4v) is 3.01. The average molecular weight is 326 g/mol. The first-order valence-corrected chi connectivity index (χ1v) is 7.88. The number of carbonyl (C=O) groups is 1. The van der Waals surface area contributed by atoms with Crippen molar-refractivity contribution in [3.8, 4) is 0 Å². The summed E-state index contributed by atoms with van der Waals surface area (Å²) in [5, 5.41) is 7.90. The third-order valence-electron chi connectivity index (χ3n) is 4.31.